The van der Waals surface area contributed by atoms with Crippen molar-refractivity contribution in [2.24, 2.45) is 17.8 Å². The Morgan fingerprint density at radius 1 is 1.00 bits per heavy atom. The largest absolute Gasteiger partial charge is 0.477 e. The van der Waals surface area contributed by atoms with Gasteiger partial charge in [0.1, 0.15) is 0 Å². The summed E-state index contributed by atoms with van der Waals surface area (Å²) in [7, 11) is 2.15. The average molecular weight is 469 g/mol. The van der Waals surface area contributed by atoms with Crippen LogP contribution in [0.4, 0.5) is 4.79 Å². The minimum atomic E-state index is -0.964. The summed E-state index contributed by atoms with van der Waals surface area (Å²) in [4.78, 5) is 30.8. The van der Waals surface area contributed by atoms with Crippen molar-refractivity contribution >= 4 is 22.9 Å². The third-order valence-corrected chi connectivity index (χ3v) is 7.30. The number of piperidine rings is 1. The summed E-state index contributed by atoms with van der Waals surface area (Å²) in [6.45, 7) is 3.94. The summed E-state index contributed by atoms with van der Waals surface area (Å²) in [5.74, 6) is 1.73. The lowest BCUT2D eigenvalue weighted by Gasteiger charge is -2.28. The van der Waals surface area contributed by atoms with Crippen LogP contribution in [0.2, 0.25) is 0 Å². The lowest BCUT2D eigenvalue weighted by molar-refractivity contribution is 0.0941. The minimum Gasteiger partial charge on any atom is -0.477 e. The molecule has 1 aromatic carbocycles. The van der Waals surface area contributed by atoms with Crippen molar-refractivity contribution in [1.29, 1.82) is 0 Å². The first-order valence-corrected chi connectivity index (χ1v) is 12.4. The van der Waals surface area contributed by atoms with E-state index in [-0.39, 0.29) is 5.91 Å². The molecule has 34 heavy (non-hydrogen) atoms. The maximum Gasteiger partial charge on any atom is 0.404 e. The maximum atomic E-state index is 13.2. The van der Waals surface area contributed by atoms with Gasteiger partial charge in [0.15, 0.2) is 0 Å². The van der Waals surface area contributed by atoms with Gasteiger partial charge in [-0.2, -0.15) is 0 Å². The first kappa shape index (κ1) is 24.3. The number of rotatable bonds is 8. The van der Waals surface area contributed by atoms with Gasteiger partial charge in [0, 0.05) is 24.5 Å². The summed E-state index contributed by atoms with van der Waals surface area (Å²) >= 11 is 0. The molecule has 1 aromatic heterocycles. The van der Waals surface area contributed by atoms with Crippen molar-refractivity contribution in [3.8, 4) is 5.88 Å². The number of para-hydroxylation sites is 1. The van der Waals surface area contributed by atoms with E-state index in [0.717, 1.165) is 62.5 Å². The molecule has 184 valence electrons. The number of amides is 2. The van der Waals surface area contributed by atoms with Gasteiger partial charge >= 0.3 is 6.09 Å². The molecule has 4 rings (SSSR count). The van der Waals surface area contributed by atoms with E-state index in [1.165, 1.54) is 0 Å². The van der Waals surface area contributed by atoms with Gasteiger partial charge in [-0.1, -0.05) is 18.2 Å². The lowest BCUT2D eigenvalue weighted by Crippen LogP contribution is -2.34. The third kappa shape index (κ3) is 6.59. The molecule has 1 aliphatic carbocycles. The molecule has 0 spiro atoms. The van der Waals surface area contributed by atoms with Crippen molar-refractivity contribution < 1.29 is 19.4 Å². The number of pyridine rings is 1. The number of nitrogens with one attached hydrogen (secondary N) is 2. The molecule has 8 heteroatoms. The van der Waals surface area contributed by atoms with Crippen LogP contribution in [0.25, 0.3) is 10.9 Å². The number of hydrogen-bond donors (Lipinski definition) is 3. The Bertz CT molecular complexity index is 982. The number of fused-ring (bicyclic) bond motifs is 1. The molecule has 0 atom stereocenters. The fraction of sp³-hybridized carbons (Fsp3) is 0.577. The predicted molar refractivity (Wildman–Crippen MR) is 131 cm³/mol. The van der Waals surface area contributed by atoms with Crippen LogP contribution >= 0.6 is 0 Å². The summed E-state index contributed by atoms with van der Waals surface area (Å²) < 4.78 is 6.07. The topological polar surface area (TPSA) is 104 Å². The number of aromatic nitrogens is 1. The molecule has 0 radical (unpaired) electrons. The number of nitrogens with zero attached hydrogens (tertiary/aromatic N) is 2. The quantitative estimate of drug-likeness (QED) is 0.545. The van der Waals surface area contributed by atoms with E-state index < -0.39 is 6.09 Å². The Hall–Kier alpha value is -2.87. The van der Waals surface area contributed by atoms with Gasteiger partial charge in [-0.3, -0.25) is 4.79 Å². The first-order chi connectivity index (χ1) is 16.5. The first-order valence-electron chi connectivity index (χ1n) is 12.4. The maximum absolute atomic E-state index is 13.2. The number of carbonyl (C=O) groups is 2. The Balaban J connectivity index is 1.34. The number of carbonyl (C=O) groups excluding carboxylic acids is 1. The van der Waals surface area contributed by atoms with Crippen molar-refractivity contribution in [3.63, 3.8) is 0 Å². The summed E-state index contributed by atoms with van der Waals surface area (Å²) in [6.07, 6.45) is 5.22. The molecule has 2 heterocycles. The Morgan fingerprint density at radius 3 is 2.32 bits per heavy atom. The monoisotopic (exact) mass is 468 g/mol. The van der Waals surface area contributed by atoms with E-state index in [2.05, 4.69) is 27.6 Å². The molecule has 2 aliphatic rings. The molecule has 0 unspecified atom stereocenters. The van der Waals surface area contributed by atoms with Crippen LogP contribution in [0.15, 0.2) is 30.3 Å². The Kier molecular flexibility index (Phi) is 8.21. The van der Waals surface area contributed by atoms with Gasteiger partial charge in [0.2, 0.25) is 5.88 Å². The van der Waals surface area contributed by atoms with Crippen molar-refractivity contribution in [2.75, 3.05) is 39.8 Å². The van der Waals surface area contributed by atoms with Crippen molar-refractivity contribution in [1.82, 2.24) is 20.5 Å². The van der Waals surface area contributed by atoms with Crippen LogP contribution in [0.5, 0.6) is 5.88 Å². The standard InChI is InChI=1S/C26H36N4O4/c1-30-12-10-20(11-13-30)17-34-24-14-22(21-4-2-3-5-23(21)29-24)25(31)27-15-18-6-8-19(9-7-18)16-28-26(32)33/h2-5,14,18-20,28H,6-13,15-17H2,1H3,(H,27,31)(H,32,33). The predicted octanol–water partition coefficient (Wildman–Crippen LogP) is 3.76. The molecule has 2 fully saturated rings. The van der Waals surface area contributed by atoms with Gasteiger partial charge in [0.25, 0.3) is 5.91 Å². The molecule has 1 saturated carbocycles. The second kappa shape index (κ2) is 11.5. The fourth-order valence-electron chi connectivity index (χ4n) is 5.05. The van der Waals surface area contributed by atoms with Gasteiger partial charge in [-0.15, -0.1) is 0 Å². The Labute approximate surface area is 201 Å². The minimum absolute atomic E-state index is 0.0996. The normalized spacial score (nSPS) is 21.8. The second-order valence-electron chi connectivity index (χ2n) is 9.87. The fourth-order valence-corrected chi connectivity index (χ4v) is 5.05. The second-order valence-corrected chi connectivity index (χ2v) is 9.87. The van der Waals surface area contributed by atoms with Crippen LogP contribution in [-0.4, -0.2) is 66.8 Å². The average Bonchev–Trinajstić information content (AvgIpc) is 2.85. The SMILES string of the molecule is CN1CCC(COc2cc(C(=O)NCC3CCC(CNC(=O)O)CC3)c3ccccc3n2)CC1. The number of benzene rings is 1. The summed E-state index contributed by atoms with van der Waals surface area (Å²) in [6, 6.07) is 9.47. The van der Waals surface area contributed by atoms with E-state index in [0.29, 0.717) is 48.9 Å². The van der Waals surface area contributed by atoms with Crippen LogP contribution in [-0.2, 0) is 0 Å². The van der Waals surface area contributed by atoms with Crippen molar-refractivity contribution in [3.05, 3.63) is 35.9 Å². The van der Waals surface area contributed by atoms with E-state index >= 15 is 0 Å². The van der Waals surface area contributed by atoms with Crippen LogP contribution in [0.3, 0.4) is 0 Å². The molecule has 1 saturated heterocycles. The molecular formula is C26H36N4O4. The molecule has 3 N–H and O–H groups in total. The molecule has 2 aromatic rings. The zero-order valence-electron chi connectivity index (χ0n) is 20.0. The number of hydrogen-bond acceptors (Lipinski definition) is 5. The summed E-state index contributed by atoms with van der Waals surface area (Å²) in [5.41, 5.74) is 1.36. The van der Waals surface area contributed by atoms with Gasteiger partial charge in [-0.05, 0) is 82.5 Å². The zero-order valence-corrected chi connectivity index (χ0v) is 20.0. The number of ether oxygens (including phenoxy) is 1. The lowest BCUT2D eigenvalue weighted by atomic mass is 9.82. The van der Waals surface area contributed by atoms with E-state index in [4.69, 9.17) is 9.84 Å². The van der Waals surface area contributed by atoms with E-state index in [1.54, 1.807) is 6.07 Å². The van der Waals surface area contributed by atoms with E-state index in [9.17, 15) is 9.59 Å². The molecule has 1 aliphatic heterocycles. The van der Waals surface area contributed by atoms with Crippen LogP contribution in [0.1, 0.15) is 48.9 Å². The Morgan fingerprint density at radius 2 is 1.65 bits per heavy atom. The van der Waals surface area contributed by atoms with Gasteiger partial charge < -0.3 is 25.4 Å². The highest BCUT2D eigenvalue weighted by Gasteiger charge is 2.23. The zero-order chi connectivity index (χ0) is 23.9. The molecular weight excluding hydrogens is 432 g/mol. The highest BCUT2D eigenvalue weighted by molar-refractivity contribution is 6.06. The highest BCUT2D eigenvalue weighted by Crippen LogP contribution is 2.28. The number of carboxylic acid groups (broad SMARTS) is 1. The third-order valence-electron chi connectivity index (χ3n) is 7.30. The smallest absolute Gasteiger partial charge is 0.404 e. The van der Waals surface area contributed by atoms with Crippen LogP contribution in [0, 0.1) is 17.8 Å². The van der Waals surface area contributed by atoms with Crippen molar-refractivity contribution in [2.45, 2.75) is 38.5 Å². The molecule has 8 nitrogen and oxygen atoms in total. The molecule has 2 amide bonds. The van der Waals surface area contributed by atoms with Gasteiger partial charge in [0.05, 0.1) is 17.7 Å². The van der Waals surface area contributed by atoms with E-state index in [1.807, 2.05) is 24.3 Å². The highest BCUT2D eigenvalue weighted by atomic mass is 16.5. The molecule has 0 bridgehead atoms. The summed E-state index contributed by atoms with van der Waals surface area (Å²) in [5, 5.41) is 15.2. The van der Waals surface area contributed by atoms with Gasteiger partial charge in [-0.25, -0.2) is 9.78 Å². The number of likely N-dealkylation sites (tertiary alicyclic amines) is 1. The van der Waals surface area contributed by atoms with Crippen LogP contribution < -0.4 is 15.4 Å².